The van der Waals surface area contributed by atoms with Crippen LogP contribution < -0.4 is 10.1 Å². The van der Waals surface area contributed by atoms with Crippen molar-refractivity contribution in [2.75, 3.05) is 12.4 Å². The van der Waals surface area contributed by atoms with E-state index >= 15 is 0 Å². The lowest BCUT2D eigenvalue weighted by Crippen LogP contribution is -2.07. The lowest BCUT2D eigenvalue weighted by Gasteiger charge is -2.17. The van der Waals surface area contributed by atoms with Crippen LogP contribution in [0.2, 0.25) is 0 Å². The van der Waals surface area contributed by atoms with Gasteiger partial charge in [0.25, 0.3) is 0 Å². The second kappa shape index (κ2) is 6.23. The lowest BCUT2D eigenvalue weighted by atomic mass is 10.1. The number of halogens is 2. The molecule has 0 aliphatic heterocycles. The number of ether oxygens (including phenoxy) is 1. The Balaban J connectivity index is 2.13. The first-order valence-electron chi connectivity index (χ1n) is 5.95. The topological polar surface area (TPSA) is 21.3 Å². The zero-order valence-corrected chi connectivity index (χ0v) is 12.9. The highest BCUT2D eigenvalue weighted by atomic mass is 127. The molecular formula is C15H15FINO. The molecule has 1 atom stereocenters. The van der Waals surface area contributed by atoms with Crippen LogP contribution in [0.5, 0.6) is 5.75 Å². The predicted octanol–water partition coefficient (Wildman–Crippen LogP) is 4.61. The van der Waals surface area contributed by atoms with Gasteiger partial charge in [0.05, 0.1) is 7.11 Å². The minimum absolute atomic E-state index is 0.143. The first kappa shape index (κ1) is 14.1. The van der Waals surface area contributed by atoms with Gasteiger partial charge in [-0.05, 0) is 65.4 Å². The molecule has 2 rings (SSSR count). The van der Waals surface area contributed by atoms with Crippen molar-refractivity contribution in [1.29, 1.82) is 0 Å². The Bertz CT molecular complexity index is 557. The summed E-state index contributed by atoms with van der Waals surface area (Å²) in [5.74, 6) is 0.624. The van der Waals surface area contributed by atoms with Gasteiger partial charge < -0.3 is 10.1 Å². The van der Waals surface area contributed by atoms with E-state index in [2.05, 4.69) is 34.8 Å². The summed E-state index contributed by atoms with van der Waals surface area (Å²) in [6, 6.07) is 12.8. The first-order valence-corrected chi connectivity index (χ1v) is 7.03. The van der Waals surface area contributed by atoms with Crippen LogP contribution in [0.25, 0.3) is 0 Å². The molecule has 0 aliphatic carbocycles. The highest BCUT2D eigenvalue weighted by Gasteiger charge is 2.08. The zero-order chi connectivity index (χ0) is 13.8. The third-order valence-electron chi connectivity index (χ3n) is 2.92. The molecule has 2 nitrogen and oxygen atoms in total. The van der Waals surface area contributed by atoms with E-state index in [1.165, 1.54) is 12.1 Å². The van der Waals surface area contributed by atoms with Gasteiger partial charge >= 0.3 is 0 Å². The van der Waals surface area contributed by atoms with Gasteiger partial charge in [0, 0.05) is 15.3 Å². The average molecular weight is 371 g/mol. The van der Waals surface area contributed by atoms with Crippen molar-refractivity contribution >= 4 is 28.3 Å². The average Bonchev–Trinajstić information content (AvgIpc) is 2.42. The van der Waals surface area contributed by atoms with Crippen molar-refractivity contribution in [3.63, 3.8) is 0 Å². The normalized spacial score (nSPS) is 12.0. The summed E-state index contributed by atoms with van der Waals surface area (Å²) in [6.45, 7) is 2.07. The highest BCUT2D eigenvalue weighted by Crippen LogP contribution is 2.25. The Morgan fingerprint density at radius 1 is 1.16 bits per heavy atom. The number of benzene rings is 2. The number of anilines is 1. The minimum atomic E-state index is -0.216. The van der Waals surface area contributed by atoms with Crippen molar-refractivity contribution in [3.05, 3.63) is 57.4 Å². The first-order chi connectivity index (χ1) is 9.10. The zero-order valence-electron chi connectivity index (χ0n) is 10.8. The SMILES string of the molecule is COc1ccc(C(C)Nc2ccc(F)cc2I)cc1. The molecule has 2 aromatic carbocycles. The van der Waals surface area contributed by atoms with E-state index in [1.54, 1.807) is 13.2 Å². The van der Waals surface area contributed by atoms with Crippen molar-refractivity contribution in [1.82, 2.24) is 0 Å². The van der Waals surface area contributed by atoms with Gasteiger partial charge in [0.1, 0.15) is 11.6 Å². The summed E-state index contributed by atoms with van der Waals surface area (Å²) in [5.41, 5.74) is 2.09. The lowest BCUT2D eigenvalue weighted by molar-refractivity contribution is 0.414. The van der Waals surface area contributed by atoms with E-state index in [1.807, 2.05) is 24.3 Å². The number of rotatable bonds is 4. The summed E-state index contributed by atoms with van der Waals surface area (Å²) in [5, 5.41) is 3.38. The summed E-state index contributed by atoms with van der Waals surface area (Å²) in [7, 11) is 1.65. The fourth-order valence-electron chi connectivity index (χ4n) is 1.82. The fourth-order valence-corrected chi connectivity index (χ4v) is 2.45. The summed E-state index contributed by atoms with van der Waals surface area (Å²) >= 11 is 2.13. The van der Waals surface area contributed by atoms with E-state index in [9.17, 15) is 4.39 Å². The van der Waals surface area contributed by atoms with E-state index in [0.29, 0.717) is 0 Å². The van der Waals surface area contributed by atoms with Crippen molar-refractivity contribution in [2.24, 2.45) is 0 Å². The van der Waals surface area contributed by atoms with Crippen LogP contribution in [0.4, 0.5) is 10.1 Å². The monoisotopic (exact) mass is 371 g/mol. The fraction of sp³-hybridized carbons (Fsp3) is 0.200. The van der Waals surface area contributed by atoms with Gasteiger partial charge in [-0.1, -0.05) is 12.1 Å². The molecule has 100 valence electrons. The molecular weight excluding hydrogens is 356 g/mol. The Hall–Kier alpha value is -1.30. The number of hydrogen-bond donors (Lipinski definition) is 1. The second-order valence-electron chi connectivity index (χ2n) is 4.26. The maximum absolute atomic E-state index is 13.0. The van der Waals surface area contributed by atoms with E-state index in [4.69, 9.17) is 4.74 Å². The van der Waals surface area contributed by atoms with Crippen molar-refractivity contribution in [2.45, 2.75) is 13.0 Å². The molecule has 0 heterocycles. The van der Waals surface area contributed by atoms with Crippen LogP contribution >= 0.6 is 22.6 Å². The quantitative estimate of drug-likeness (QED) is 0.793. The Morgan fingerprint density at radius 3 is 2.42 bits per heavy atom. The van der Waals surface area contributed by atoms with Crippen molar-refractivity contribution in [3.8, 4) is 5.75 Å². The minimum Gasteiger partial charge on any atom is -0.497 e. The van der Waals surface area contributed by atoms with Gasteiger partial charge in [-0.15, -0.1) is 0 Å². The Morgan fingerprint density at radius 2 is 1.84 bits per heavy atom. The largest absolute Gasteiger partial charge is 0.497 e. The molecule has 4 heteroatoms. The number of hydrogen-bond acceptors (Lipinski definition) is 2. The maximum Gasteiger partial charge on any atom is 0.124 e. The van der Waals surface area contributed by atoms with Gasteiger partial charge in [-0.25, -0.2) is 4.39 Å². The highest BCUT2D eigenvalue weighted by molar-refractivity contribution is 14.1. The van der Waals surface area contributed by atoms with Gasteiger partial charge in [0.15, 0.2) is 0 Å². The summed E-state index contributed by atoms with van der Waals surface area (Å²) in [6.07, 6.45) is 0. The van der Waals surface area contributed by atoms with Crippen LogP contribution in [-0.4, -0.2) is 7.11 Å². The van der Waals surface area contributed by atoms with Crippen LogP contribution in [0.3, 0.4) is 0 Å². The molecule has 0 aliphatic rings. The number of methoxy groups -OCH3 is 1. The summed E-state index contributed by atoms with van der Waals surface area (Å²) < 4.78 is 19.1. The second-order valence-corrected chi connectivity index (χ2v) is 5.43. The van der Waals surface area contributed by atoms with Crippen LogP contribution in [0, 0.1) is 9.39 Å². The van der Waals surface area contributed by atoms with Crippen molar-refractivity contribution < 1.29 is 9.13 Å². The number of nitrogens with one attached hydrogen (secondary N) is 1. The smallest absolute Gasteiger partial charge is 0.124 e. The van der Waals surface area contributed by atoms with Crippen LogP contribution in [0.15, 0.2) is 42.5 Å². The van der Waals surface area contributed by atoms with E-state index < -0.39 is 0 Å². The van der Waals surface area contributed by atoms with Gasteiger partial charge in [-0.3, -0.25) is 0 Å². The van der Waals surface area contributed by atoms with Crippen LogP contribution in [0.1, 0.15) is 18.5 Å². The summed E-state index contributed by atoms with van der Waals surface area (Å²) in [4.78, 5) is 0. The standard InChI is InChI=1S/C15H15FINO/c1-10(11-3-6-13(19-2)7-4-11)18-15-8-5-12(16)9-14(15)17/h3-10,18H,1-2H3. The molecule has 0 amide bonds. The van der Waals surface area contributed by atoms with Gasteiger partial charge in [-0.2, -0.15) is 0 Å². The predicted molar refractivity (Wildman–Crippen MR) is 84.1 cm³/mol. The molecule has 0 aromatic heterocycles. The molecule has 0 radical (unpaired) electrons. The molecule has 0 fully saturated rings. The molecule has 0 saturated carbocycles. The molecule has 1 unspecified atom stereocenters. The third-order valence-corrected chi connectivity index (χ3v) is 3.81. The van der Waals surface area contributed by atoms with E-state index in [0.717, 1.165) is 20.6 Å². The third kappa shape index (κ3) is 3.59. The molecule has 19 heavy (non-hydrogen) atoms. The van der Waals surface area contributed by atoms with Gasteiger partial charge in [0.2, 0.25) is 0 Å². The Labute approximate surface area is 126 Å². The molecule has 0 spiro atoms. The molecule has 0 saturated heterocycles. The molecule has 0 bridgehead atoms. The van der Waals surface area contributed by atoms with E-state index in [-0.39, 0.29) is 11.9 Å². The molecule has 1 N–H and O–H groups in total. The van der Waals surface area contributed by atoms with Crippen LogP contribution in [-0.2, 0) is 0 Å². The maximum atomic E-state index is 13.0. The Kier molecular flexibility index (Phi) is 4.63. The molecule has 2 aromatic rings.